The predicted molar refractivity (Wildman–Crippen MR) is 126 cm³/mol. The Labute approximate surface area is 200 Å². The van der Waals surface area contributed by atoms with Crippen molar-refractivity contribution < 1.29 is 21.6 Å². The molecule has 6 nitrogen and oxygen atoms in total. The molecule has 3 aromatic rings. The summed E-state index contributed by atoms with van der Waals surface area (Å²) < 4.78 is 63.8. The Bertz CT molecular complexity index is 1350. The van der Waals surface area contributed by atoms with Crippen molar-refractivity contribution in [3.05, 3.63) is 57.5 Å². The van der Waals surface area contributed by atoms with Gasteiger partial charge in [0.1, 0.15) is 26.6 Å². The van der Waals surface area contributed by atoms with Crippen molar-refractivity contribution in [2.75, 3.05) is 16.8 Å². The molecule has 0 saturated carbocycles. The van der Waals surface area contributed by atoms with Gasteiger partial charge in [-0.25, -0.2) is 23.4 Å². The number of aryl methyl sites for hydroxylation is 1. The van der Waals surface area contributed by atoms with E-state index >= 15 is 0 Å². The SMILES string of the molecule is Cc1nc(N[C@H](C)c2cccc(C(F)(F)F)c2C)c2cc(C3CCS(=O)(=O)CC3)c(Cl)nc2n1. The highest BCUT2D eigenvalue weighted by Gasteiger charge is 2.33. The molecular formula is C23H24ClF3N4O2S. The van der Waals surface area contributed by atoms with Crippen LogP contribution in [0.15, 0.2) is 24.3 Å². The Morgan fingerprint density at radius 2 is 1.79 bits per heavy atom. The van der Waals surface area contributed by atoms with E-state index in [-0.39, 0.29) is 28.1 Å². The molecule has 1 atom stereocenters. The summed E-state index contributed by atoms with van der Waals surface area (Å²) in [6.07, 6.45) is -3.55. The maximum absolute atomic E-state index is 13.4. The summed E-state index contributed by atoms with van der Waals surface area (Å²) in [5.41, 5.74) is 1.06. The van der Waals surface area contributed by atoms with E-state index in [1.807, 2.05) is 6.07 Å². The van der Waals surface area contributed by atoms with E-state index in [1.165, 1.54) is 13.0 Å². The van der Waals surface area contributed by atoms with Crippen LogP contribution >= 0.6 is 11.6 Å². The van der Waals surface area contributed by atoms with E-state index in [2.05, 4.69) is 20.3 Å². The van der Waals surface area contributed by atoms with Crippen LogP contribution < -0.4 is 5.32 Å². The monoisotopic (exact) mass is 512 g/mol. The van der Waals surface area contributed by atoms with Gasteiger partial charge in [0.05, 0.1) is 28.5 Å². The molecule has 2 aromatic heterocycles. The summed E-state index contributed by atoms with van der Waals surface area (Å²) in [5, 5.41) is 4.07. The van der Waals surface area contributed by atoms with Crippen LogP contribution in [0.2, 0.25) is 5.15 Å². The fourth-order valence-corrected chi connectivity index (χ4v) is 6.25. The van der Waals surface area contributed by atoms with Gasteiger partial charge in [-0.1, -0.05) is 23.7 Å². The third kappa shape index (κ3) is 4.98. The molecule has 1 saturated heterocycles. The first-order chi connectivity index (χ1) is 15.9. The lowest BCUT2D eigenvalue weighted by atomic mass is 9.94. The Kier molecular flexibility index (Phi) is 6.50. The molecule has 1 aliphatic heterocycles. The molecule has 1 aliphatic rings. The van der Waals surface area contributed by atoms with Crippen LogP contribution in [0.5, 0.6) is 0 Å². The van der Waals surface area contributed by atoms with E-state index in [1.54, 1.807) is 19.9 Å². The van der Waals surface area contributed by atoms with Gasteiger partial charge in [0.15, 0.2) is 5.65 Å². The number of nitrogens with zero attached hydrogens (tertiary/aromatic N) is 3. The van der Waals surface area contributed by atoms with E-state index in [4.69, 9.17) is 11.6 Å². The second-order valence-corrected chi connectivity index (χ2v) is 11.3. The number of hydrogen-bond acceptors (Lipinski definition) is 6. The lowest BCUT2D eigenvalue weighted by Crippen LogP contribution is -2.22. The summed E-state index contributed by atoms with van der Waals surface area (Å²) in [7, 11) is -3.04. The van der Waals surface area contributed by atoms with E-state index in [0.29, 0.717) is 41.1 Å². The topological polar surface area (TPSA) is 84.8 Å². The average Bonchev–Trinajstić information content (AvgIpc) is 2.72. The van der Waals surface area contributed by atoms with Crippen LogP contribution in [0.1, 0.15) is 59.8 Å². The molecular weight excluding hydrogens is 489 g/mol. The second kappa shape index (κ2) is 8.96. The summed E-state index contributed by atoms with van der Waals surface area (Å²) in [4.78, 5) is 13.3. The minimum Gasteiger partial charge on any atom is -0.363 e. The Morgan fingerprint density at radius 1 is 1.12 bits per heavy atom. The van der Waals surface area contributed by atoms with Crippen LogP contribution in [-0.4, -0.2) is 34.9 Å². The number of fused-ring (bicyclic) bond motifs is 1. The zero-order chi connectivity index (χ0) is 24.8. The van der Waals surface area contributed by atoms with Crippen molar-refractivity contribution >= 4 is 38.3 Å². The zero-order valence-electron chi connectivity index (χ0n) is 18.9. The molecule has 34 heavy (non-hydrogen) atoms. The molecule has 0 aliphatic carbocycles. The number of hydrogen-bond donors (Lipinski definition) is 1. The standard InChI is InChI=1S/C23H24ClF3N4O2S/c1-12-16(5-4-6-19(12)23(25,26)27)13(2)28-21-18-11-17(15-7-9-34(32,33)10-8-15)20(24)31-22(18)30-14(3)29-21/h4-6,11,13,15H,7-10H2,1-3H3,(H,28,29,30,31)/t13-/m1/s1. The highest BCUT2D eigenvalue weighted by atomic mass is 35.5. The summed E-state index contributed by atoms with van der Waals surface area (Å²) in [6, 6.07) is 5.45. The maximum atomic E-state index is 13.4. The largest absolute Gasteiger partial charge is 0.416 e. The lowest BCUT2D eigenvalue weighted by molar-refractivity contribution is -0.138. The molecule has 0 bridgehead atoms. The van der Waals surface area contributed by atoms with Crippen molar-refractivity contribution in [1.29, 1.82) is 0 Å². The van der Waals surface area contributed by atoms with Crippen molar-refractivity contribution in [2.45, 2.75) is 51.7 Å². The summed E-state index contributed by atoms with van der Waals surface area (Å²) in [6.45, 7) is 4.92. The molecule has 0 radical (unpaired) electrons. The molecule has 1 fully saturated rings. The number of sulfone groups is 1. The van der Waals surface area contributed by atoms with Crippen molar-refractivity contribution in [1.82, 2.24) is 15.0 Å². The van der Waals surface area contributed by atoms with Crippen molar-refractivity contribution in [3.8, 4) is 0 Å². The van der Waals surface area contributed by atoms with Crippen LogP contribution in [-0.2, 0) is 16.0 Å². The first-order valence-electron chi connectivity index (χ1n) is 10.8. The van der Waals surface area contributed by atoms with Gasteiger partial charge in [0.2, 0.25) is 0 Å². The Balaban J connectivity index is 1.73. The van der Waals surface area contributed by atoms with Gasteiger partial charge in [0, 0.05) is 0 Å². The van der Waals surface area contributed by atoms with Gasteiger partial charge in [0.25, 0.3) is 0 Å². The Hall–Kier alpha value is -2.46. The van der Waals surface area contributed by atoms with Crippen LogP contribution in [0.25, 0.3) is 11.0 Å². The Morgan fingerprint density at radius 3 is 2.44 bits per heavy atom. The number of pyridine rings is 1. The molecule has 1 N–H and O–H groups in total. The number of anilines is 1. The third-order valence-electron chi connectivity index (χ3n) is 6.27. The molecule has 11 heteroatoms. The molecule has 3 heterocycles. The van der Waals surface area contributed by atoms with Crippen LogP contribution in [0.4, 0.5) is 19.0 Å². The first-order valence-corrected chi connectivity index (χ1v) is 13.0. The highest BCUT2D eigenvalue weighted by molar-refractivity contribution is 7.91. The van der Waals surface area contributed by atoms with Crippen LogP contribution in [0, 0.1) is 13.8 Å². The van der Waals surface area contributed by atoms with Crippen molar-refractivity contribution in [2.24, 2.45) is 0 Å². The molecule has 0 unspecified atom stereocenters. The van der Waals surface area contributed by atoms with Gasteiger partial charge >= 0.3 is 6.18 Å². The fraction of sp³-hybridized carbons (Fsp3) is 0.435. The first kappa shape index (κ1) is 24.7. The second-order valence-electron chi connectivity index (χ2n) is 8.67. The maximum Gasteiger partial charge on any atom is 0.416 e. The molecule has 0 amide bonds. The van der Waals surface area contributed by atoms with Gasteiger partial charge in [-0.2, -0.15) is 13.2 Å². The molecule has 182 valence electrons. The van der Waals surface area contributed by atoms with Crippen LogP contribution in [0.3, 0.4) is 0 Å². The van der Waals surface area contributed by atoms with E-state index in [0.717, 1.165) is 11.6 Å². The van der Waals surface area contributed by atoms with Gasteiger partial charge < -0.3 is 5.32 Å². The number of halogens is 4. The number of nitrogens with one attached hydrogen (secondary N) is 1. The lowest BCUT2D eigenvalue weighted by Gasteiger charge is -2.24. The minimum atomic E-state index is -4.44. The molecule has 4 rings (SSSR count). The normalized spacial score (nSPS) is 17.6. The van der Waals surface area contributed by atoms with Gasteiger partial charge in [-0.15, -0.1) is 0 Å². The van der Waals surface area contributed by atoms with Gasteiger partial charge in [-0.05, 0) is 68.4 Å². The number of alkyl halides is 3. The van der Waals surface area contributed by atoms with Crippen molar-refractivity contribution in [3.63, 3.8) is 0 Å². The summed E-state index contributed by atoms with van der Waals surface area (Å²) >= 11 is 6.45. The van der Waals surface area contributed by atoms with E-state index < -0.39 is 27.6 Å². The van der Waals surface area contributed by atoms with Gasteiger partial charge in [-0.3, -0.25) is 0 Å². The molecule has 0 spiro atoms. The number of rotatable bonds is 4. The molecule has 1 aromatic carbocycles. The fourth-order valence-electron chi connectivity index (χ4n) is 4.47. The predicted octanol–water partition coefficient (Wildman–Crippen LogP) is 5.78. The zero-order valence-corrected chi connectivity index (χ0v) is 20.4. The quantitative estimate of drug-likeness (QED) is 0.446. The third-order valence-corrected chi connectivity index (χ3v) is 8.29. The summed E-state index contributed by atoms with van der Waals surface area (Å²) in [5.74, 6) is 0.981. The number of benzene rings is 1. The minimum absolute atomic E-state index is 0.0646. The smallest absolute Gasteiger partial charge is 0.363 e. The number of aromatic nitrogens is 3. The average molecular weight is 513 g/mol. The highest BCUT2D eigenvalue weighted by Crippen LogP contribution is 2.38. The van der Waals surface area contributed by atoms with E-state index in [9.17, 15) is 21.6 Å².